The first kappa shape index (κ1) is 11.2. The SMILES string of the molecule is CONC(=O)N(OC)C(C)(C)C. The van der Waals surface area contributed by atoms with E-state index in [0.717, 1.165) is 0 Å². The number of hydroxylamine groups is 3. The Labute approximate surface area is 72.5 Å². The van der Waals surface area contributed by atoms with Crippen molar-refractivity contribution in [1.82, 2.24) is 10.5 Å². The van der Waals surface area contributed by atoms with E-state index < -0.39 is 11.6 Å². The molecule has 0 heterocycles. The molecule has 0 radical (unpaired) electrons. The van der Waals surface area contributed by atoms with Crippen LogP contribution < -0.4 is 5.48 Å². The van der Waals surface area contributed by atoms with Crippen molar-refractivity contribution in [3.63, 3.8) is 0 Å². The zero-order chi connectivity index (χ0) is 9.78. The maximum absolute atomic E-state index is 11.2. The van der Waals surface area contributed by atoms with E-state index >= 15 is 0 Å². The van der Waals surface area contributed by atoms with Crippen LogP contribution >= 0.6 is 0 Å². The number of nitrogens with zero attached hydrogens (tertiary/aromatic N) is 1. The predicted octanol–water partition coefficient (Wildman–Crippen LogP) is 0.919. The molecule has 0 aromatic carbocycles. The first-order valence-corrected chi connectivity index (χ1v) is 3.60. The van der Waals surface area contributed by atoms with Crippen molar-refractivity contribution in [3.05, 3.63) is 0 Å². The van der Waals surface area contributed by atoms with Gasteiger partial charge >= 0.3 is 6.03 Å². The molecule has 0 aliphatic heterocycles. The summed E-state index contributed by atoms with van der Waals surface area (Å²) in [4.78, 5) is 20.5. The molecule has 1 N–H and O–H groups in total. The normalized spacial score (nSPS) is 11.1. The molecule has 0 aromatic heterocycles. The molecule has 5 nitrogen and oxygen atoms in total. The van der Waals surface area contributed by atoms with Gasteiger partial charge in [-0.05, 0) is 20.8 Å². The Balaban J connectivity index is 4.25. The van der Waals surface area contributed by atoms with Crippen molar-refractivity contribution in [2.24, 2.45) is 0 Å². The summed E-state index contributed by atoms with van der Waals surface area (Å²) < 4.78 is 0. The zero-order valence-corrected chi connectivity index (χ0v) is 8.17. The molecule has 0 bridgehead atoms. The summed E-state index contributed by atoms with van der Waals surface area (Å²) in [6, 6.07) is -0.424. The van der Waals surface area contributed by atoms with Gasteiger partial charge in [0.2, 0.25) is 0 Å². The lowest BCUT2D eigenvalue weighted by atomic mass is 10.1. The van der Waals surface area contributed by atoms with Crippen LogP contribution in [0.5, 0.6) is 0 Å². The van der Waals surface area contributed by atoms with Gasteiger partial charge in [0, 0.05) is 0 Å². The number of hydrogen-bond donors (Lipinski definition) is 1. The van der Waals surface area contributed by atoms with E-state index in [1.807, 2.05) is 20.8 Å². The Hall–Kier alpha value is -0.810. The van der Waals surface area contributed by atoms with Crippen LogP contribution in [-0.2, 0) is 9.68 Å². The van der Waals surface area contributed by atoms with Gasteiger partial charge in [0.15, 0.2) is 0 Å². The summed E-state index contributed by atoms with van der Waals surface area (Å²) in [5.41, 5.74) is 1.77. The number of amides is 2. The zero-order valence-electron chi connectivity index (χ0n) is 8.17. The van der Waals surface area contributed by atoms with Gasteiger partial charge in [-0.2, -0.15) is 5.06 Å². The minimum absolute atomic E-state index is 0.392. The molecular weight excluding hydrogens is 160 g/mol. The third kappa shape index (κ3) is 3.06. The second-order valence-corrected chi connectivity index (χ2v) is 3.26. The van der Waals surface area contributed by atoms with Crippen molar-refractivity contribution in [2.75, 3.05) is 14.2 Å². The number of carbonyl (C=O) groups excluding carboxylic acids is 1. The molecule has 0 saturated carbocycles. The fraction of sp³-hybridized carbons (Fsp3) is 0.857. The highest BCUT2D eigenvalue weighted by molar-refractivity contribution is 5.72. The van der Waals surface area contributed by atoms with Crippen LogP contribution in [0.1, 0.15) is 20.8 Å². The highest BCUT2D eigenvalue weighted by atomic mass is 16.7. The van der Waals surface area contributed by atoms with E-state index in [4.69, 9.17) is 4.84 Å². The monoisotopic (exact) mass is 176 g/mol. The second-order valence-electron chi connectivity index (χ2n) is 3.26. The number of hydrogen-bond acceptors (Lipinski definition) is 3. The molecular formula is C7H16N2O3. The largest absolute Gasteiger partial charge is 0.365 e. The van der Waals surface area contributed by atoms with Gasteiger partial charge in [-0.1, -0.05) is 0 Å². The third-order valence-corrected chi connectivity index (χ3v) is 1.17. The highest BCUT2D eigenvalue weighted by Gasteiger charge is 2.26. The summed E-state index contributed by atoms with van der Waals surface area (Å²) in [5.74, 6) is 0. The molecule has 0 fully saturated rings. The molecule has 0 aromatic rings. The fourth-order valence-electron chi connectivity index (χ4n) is 0.790. The van der Waals surface area contributed by atoms with E-state index in [-0.39, 0.29) is 0 Å². The van der Waals surface area contributed by atoms with Crippen molar-refractivity contribution in [3.8, 4) is 0 Å². The number of urea groups is 1. The Morgan fingerprint density at radius 1 is 1.33 bits per heavy atom. The Bertz CT molecular complexity index is 153. The lowest BCUT2D eigenvalue weighted by Gasteiger charge is -2.32. The third-order valence-electron chi connectivity index (χ3n) is 1.17. The number of nitrogens with one attached hydrogen (secondary N) is 1. The van der Waals surface area contributed by atoms with Crippen LogP contribution in [0.25, 0.3) is 0 Å². The average Bonchev–Trinajstić information content (AvgIpc) is 1.85. The minimum atomic E-state index is -0.424. The van der Waals surface area contributed by atoms with Gasteiger partial charge in [-0.25, -0.2) is 10.3 Å². The van der Waals surface area contributed by atoms with Crippen molar-refractivity contribution >= 4 is 6.03 Å². The van der Waals surface area contributed by atoms with E-state index in [1.165, 1.54) is 19.3 Å². The molecule has 2 amide bonds. The molecule has 12 heavy (non-hydrogen) atoms. The van der Waals surface area contributed by atoms with Gasteiger partial charge in [-0.15, -0.1) is 0 Å². The van der Waals surface area contributed by atoms with Gasteiger partial charge in [0.25, 0.3) is 0 Å². The van der Waals surface area contributed by atoms with Crippen molar-refractivity contribution in [2.45, 2.75) is 26.3 Å². The smallest absolute Gasteiger partial charge is 0.275 e. The number of rotatable bonds is 2. The van der Waals surface area contributed by atoms with Crippen LogP contribution in [0.15, 0.2) is 0 Å². The number of carbonyl (C=O) groups is 1. The van der Waals surface area contributed by atoms with E-state index in [1.54, 1.807) is 0 Å². The summed E-state index contributed by atoms with van der Waals surface area (Å²) in [6.07, 6.45) is 0. The van der Waals surface area contributed by atoms with Gasteiger partial charge < -0.3 is 0 Å². The van der Waals surface area contributed by atoms with Gasteiger partial charge in [0.05, 0.1) is 19.8 Å². The summed E-state index contributed by atoms with van der Waals surface area (Å²) in [5, 5.41) is 1.19. The Kier molecular flexibility index (Phi) is 3.99. The molecule has 0 aliphatic rings. The standard InChI is InChI=1S/C7H16N2O3/c1-7(2,3)9(12-5)6(10)8-11-4/h1-5H3,(H,8,10). The topological polar surface area (TPSA) is 50.8 Å². The van der Waals surface area contributed by atoms with E-state index in [9.17, 15) is 4.79 Å². The lowest BCUT2D eigenvalue weighted by molar-refractivity contribution is -0.149. The Morgan fingerprint density at radius 3 is 2.08 bits per heavy atom. The van der Waals surface area contributed by atoms with E-state index in [2.05, 4.69) is 10.3 Å². The Morgan fingerprint density at radius 2 is 1.83 bits per heavy atom. The van der Waals surface area contributed by atoms with Gasteiger partial charge in [0.1, 0.15) is 0 Å². The molecule has 5 heteroatoms. The first-order chi connectivity index (χ1) is 5.43. The molecule has 0 saturated heterocycles. The second kappa shape index (κ2) is 4.27. The highest BCUT2D eigenvalue weighted by Crippen LogP contribution is 2.12. The predicted molar refractivity (Wildman–Crippen MR) is 44.1 cm³/mol. The first-order valence-electron chi connectivity index (χ1n) is 3.60. The summed E-state index contributed by atoms with van der Waals surface area (Å²) in [7, 11) is 2.80. The molecule has 72 valence electrons. The molecule has 0 aliphatic carbocycles. The van der Waals surface area contributed by atoms with Crippen molar-refractivity contribution in [1.29, 1.82) is 0 Å². The maximum Gasteiger partial charge on any atom is 0.365 e. The minimum Gasteiger partial charge on any atom is -0.275 e. The molecule has 0 atom stereocenters. The quantitative estimate of drug-likeness (QED) is 0.636. The summed E-state index contributed by atoms with van der Waals surface area (Å²) in [6.45, 7) is 5.56. The van der Waals surface area contributed by atoms with Gasteiger partial charge in [-0.3, -0.25) is 9.68 Å². The average molecular weight is 176 g/mol. The van der Waals surface area contributed by atoms with Crippen LogP contribution in [0.4, 0.5) is 4.79 Å². The molecule has 0 rings (SSSR count). The fourth-order valence-corrected chi connectivity index (χ4v) is 0.790. The van der Waals surface area contributed by atoms with E-state index in [0.29, 0.717) is 0 Å². The van der Waals surface area contributed by atoms with Crippen LogP contribution in [-0.4, -0.2) is 30.9 Å². The van der Waals surface area contributed by atoms with Crippen LogP contribution in [0.3, 0.4) is 0 Å². The lowest BCUT2D eigenvalue weighted by Crippen LogP contribution is -2.49. The molecule has 0 unspecified atom stereocenters. The van der Waals surface area contributed by atoms with Crippen molar-refractivity contribution < 1.29 is 14.5 Å². The molecule has 0 spiro atoms. The van der Waals surface area contributed by atoms with Crippen LogP contribution in [0, 0.1) is 0 Å². The summed E-state index contributed by atoms with van der Waals surface area (Å²) >= 11 is 0. The maximum atomic E-state index is 11.2. The van der Waals surface area contributed by atoms with Crippen LogP contribution in [0.2, 0.25) is 0 Å².